The van der Waals surface area contributed by atoms with Crippen molar-refractivity contribution in [3.63, 3.8) is 0 Å². The smallest absolute Gasteiger partial charge is 0.369 e. The van der Waals surface area contributed by atoms with E-state index in [1.165, 1.54) is 7.05 Å². The molecule has 9 heteroatoms. The van der Waals surface area contributed by atoms with Crippen LogP contribution in [-0.2, 0) is 20.1 Å². The Hall–Kier alpha value is -3.10. The highest BCUT2D eigenvalue weighted by Gasteiger charge is 2.18. The molecule has 0 aliphatic carbocycles. The van der Waals surface area contributed by atoms with Crippen molar-refractivity contribution in [3.05, 3.63) is 51.5 Å². The predicted molar refractivity (Wildman–Crippen MR) is 84.9 cm³/mol. The molecule has 0 N–H and O–H groups in total. The molecular formula is C15H17N7O2. The Morgan fingerprint density at radius 2 is 2.12 bits per heavy atom. The highest BCUT2D eigenvalue weighted by atomic mass is 16.5. The number of benzene rings is 1. The summed E-state index contributed by atoms with van der Waals surface area (Å²) < 4.78 is 15.7. The Morgan fingerprint density at radius 3 is 2.79 bits per heavy atom. The van der Waals surface area contributed by atoms with Crippen molar-refractivity contribution in [1.82, 2.24) is 35.2 Å². The van der Waals surface area contributed by atoms with E-state index in [9.17, 15) is 4.79 Å². The van der Waals surface area contributed by atoms with Gasteiger partial charge in [0.15, 0.2) is 5.82 Å². The Balaban J connectivity index is 1.99. The number of rotatable bonds is 5. The van der Waals surface area contributed by atoms with Gasteiger partial charge >= 0.3 is 5.69 Å². The van der Waals surface area contributed by atoms with Crippen LogP contribution in [0.1, 0.15) is 25.1 Å². The average molecular weight is 329 g/mol. The minimum atomic E-state index is -0.432. The molecule has 24 heavy (non-hydrogen) atoms. The molecule has 0 saturated carbocycles. The third kappa shape index (κ3) is 2.87. The van der Waals surface area contributed by atoms with Gasteiger partial charge in [-0.15, -0.1) is 14.9 Å². The summed E-state index contributed by atoms with van der Waals surface area (Å²) in [4.78, 5) is 12.1. The van der Waals surface area contributed by atoms with E-state index in [-0.39, 0.29) is 12.4 Å². The van der Waals surface area contributed by atoms with Gasteiger partial charge in [0.25, 0.3) is 0 Å². The molecule has 2 heterocycles. The molecule has 0 spiro atoms. The van der Waals surface area contributed by atoms with Gasteiger partial charge in [0, 0.05) is 7.05 Å². The molecule has 2 aromatic heterocycles. The van der Waals surface area contributed by atoms with Crippen LogP contribution in [0.25, 0.3) is 5.82 Å². The van der Waals surface area contributed by atoms with Crippen LogP contribution in [0.3, 0.4) is 0 Å². The van der Waals surface area contributed by atoms with Crippen molar-refractivity contribution in [2.45, 2.75) is 26.9 Å². The summed E-state index contributed by atoms with van der Waals surface area (Å²) in [6, 6.07) is 5.52. The van der Waals surface area contributed by atoms with Crippen molar-refractivity contribution in [1.29, 1.82) is 0 Å². The van der Waals surface area contributed by atoms with Gasteiger partial charge in [-0.3, -0.25) is 0 Å². The van der Waals surface area contributed by atoms with E-state index < -0.39 is 5.69 Å². The zero-order valence-electron chi connectivity index (χ0n) is 14.6. The summed E-state index contributed by atoms with van der Waals surface area (Å²) in [7, 11) is 1.50. The lowest BCUT2D eigenvalue weighted by atomic mass is 10.2. The minimum Gasteiger partial charge on any atom is -0.488 e. The predicted octanol–water partition coefficient (Wildman–Crippen LogP) is 0.601. The molecule has 0 fully saturated rings. The maximum atomic E-state index is 12.1. The first kappa shape index (κ1) is 14.5. The second kappa shape index (κ2) is 6.57. The van der Waals surface area contributed by atoms with Gasteiger partial charge in [0.2, 0.25) is 0 Å². The number of nitrogens with zero attached hydrogens (tertiary/aromatic N) is 7. The molecule has 0 aliphatic heterocycles. The third-order valence-electron chi connectivity index (χ3n) is 3.57. The van der Waals surface area contributed by atoms with Crippen molar-refractivity contribution in [2.24, 2.45) is 7.05 Å². The average Bonchev–Trinajstić information content (AvgIpc) is 2.93. The molecule has 1 aromatic carbocycles. The molecular weight excluding hydrogens is 310 g/mol. The van der Waals surface area contributed by atoms with Crippen molar-refractivity contribution < 1.29 is 6.11 Å². The van der Waals surface area contributed by atoms with Gasteiger partial charge in [-0.25, -0.2) is 4.79 Å². The number of para-hydroxylation sites is 1. The molecule has 9 nitrogen and oxygen atoms in total. The third-order valence-corrected chi connectivity index (χ3v) is 3.57. The van der Waals surface area contributed by atoms with Gasteiger partial charge in [-0.2, -0.15) is 4.68 Å². The highest BCUT2D eigenvalue weighted by molar-refractivity contribution is 5.36. The fraction of sp³-hybridized carbons (Fsp3) is 0.333. The Bertz CT molecular complexity index is 967. The van der Waals surface area contributed by atoms with Crippen molar-refractivity contribution in [3.8, 4) is 11.6 Å². The standard InChI is InChI=1S/C15H17N7O2/c1-4-12-11(9-24-13-8-6-5-7-10(13)2)14(17-18-16-12)22-15(23)21(3)19-20-22/h5-8H,4,9H2,1-3H3/i5T. The summed E-state index contributed by atoms with van der Waals surface area (Å²) in [5.41, 5.74) is 1.70. The van der Waals surface area contributed by atoms with E-state index in [1.54, 1.807) is 18.2 Å². The van der Waals surface area contributed by atoms with E-state index in [1.807, 2.05) is 13.8 Å². The molecule has 0 aliphatic rings. The van der Waals surface area contributed by atoms with E-state index in [2.05, 4.69) is 25.8 Å². The summed E-state index contributed by atoms with van der Waals surface area (Å²) in [6.07, 6.45) is 0.598. The van der Waals surface area contributed by atoms with Crippen LogP contribution in [0.5, 0.6) is 5.75 Å². The zero-order valence-corrected chi connectivity index (χ0v) is 13.6. The quantitative estimate of drug-likeness (QED) is 0.675. The van der Waals surface area contributed by atoms with Crippen LogP contribution in [0, 0.1) is 6.92 Å². The fourth-order valence-electron chi connectivity index (χ4n) is 2.23. The van der Waals surface area contributed by atoms with E-state index in [4.69, 9.17) is 6.11 Å². The van der Waals surface area contributed by atoms with Crippen molar-refractivity contribution >= 4 is 0 Å². The zero-order chi connectivity index (χ0) is 18.0. The monoisotopic (exact) mass is 329 g/mol. The minimum absolute atomic E-state index is 0.141. The van der Waals surface area contributed by atoms with Crippen LogP contribution in [0.4, 0.5) is 0 Å². The number of hydrogen-bond acceptors (Lipinski definition) is 7. The van der Waals surface area contributed by atoms with Crippen LogP contribution >= 0.6 is 0 Å². The van der Waals surface area contributed by atoms with E-state index >= 15 is 0 Å². The van der Waals surface area contributed by atoms with Gasteiger partial charge in [-0.1, -0.05) is 25.1 Å². The molecule has 0 unspecified atom stereocenters. The topological polar surface area (TPSA) is 101 Å². The highest BCUT2D eigenvalue weighted by Crippen LogP contribution is 2.20. The molecule has 0 atom stereocenters. The number of hydrogen-bond donors (Lipinski definition) is 0. The molecule has 3 aromatic rings. The summed E-state index contributed by atoms with van der Waals surface area (Å²) in [5, 5.41) is 19.2. The SMILES string of the molecule is [3H]c1ccc(OCc2c(CC)nnnc2-n2nnn(C)c2=O)c(C)c1. The van der Waals surface area contributed by atoms with Crippen LogP contribution in [0.2, 0.25) is 0 Å². The maximum Gasteiger partial charge on any atom is 0.369 e. The van der Waals surface area contributed by atoms with Crippen LogP contribution in [-0.4, -0.2) is 35.2 Å². The summed E-state index contributed by atoms with van der Waals surface area (Å²) in [6.45, 7) is 3.93. The molecule has 0 radical (unpaired) electrons. The lowest BCUT2D eigenvalue weighted by Gasteiger charge is -2.12. The van der Waals surface area contributed by atoms with E-state index in [0.717, 1.165) is 14.9 Å². The first-order valence-electron chi connectivity index (χ1n) is 7.91. The Morgan fingerprint density at radius 1 is 1.29 bits per heavy atom. The fourth-order valence-corrected chi connectivity index (χ4v) is 2.23. The first-order valence-corrected chi connectivity index (χ1v) is 7.41. The molecule has 0 saturated heterocycles. The van der Waals surface area contributed by atoms with Crippen LogP contribution < -0.4 is 10.4 Å². The van der Waals surface area contributed by atoms with Gasteiger partial charge < -0.3 is 4.74 Å². The van der Waals surface area contributed by atoms with Crippen LogP contribution in [0.15, 0.2) is 29.0 Å². The molecule has 0 amide bonds. The molecule has 124 valence electrons. The molecule has 3 rings (SSSR count). The molecule has 0 bridgehead atoms. The maximum absolute atomic E-state index is 12.1. The summed E-state index contributed by atoms with van der Waals surface area (Å²) >= 11 is 0. The van der Waals surface area contributed by atoms with Crippen molar-refractivity contribution in [2.75, 3.05) is 0 Å². The largest absolute Gasteiger partial charge is 0.488 e. The first-order chi connectivity index (χ1) is 12.0. The summed E-state index contributed by atoms with van der Waals surface area (Å²) in [5.74, 6) is 0.895. The van der Waals surface area contributed by atoms with Gasteiger partial charge in [0.1, 0.15) is 12.4 Å². The Kier molecular flexibility index (Phi) is 3.96. The number of aryl methyl sites for hydroxylation is 3. The van der Waals surface area contributed by atoms with Gasteiger partial charge in [-0.05, 0) is 40.6 Å². The number of tetrazole rings is 1. The van der Waals surface area contributed by atoms with E-state index in [0.29, 0.717) is 29.5 Å². The normalized spacial score (nSPS) is 11.4. The number of ether oxygens (including phenoxy) is 1. The second-order valence-corrected chi connectivity index (χ2v) is 5.17. The van der Waals surface area contributed by atoms with Gasteiger partial charge in [0.05, 0.1) is 12.6 Å². The lowest BCUT2D eigenvalue weighted by molar-refractivity contribution is 0.300. The Labute approximate surface area is 139 Å². The number of aromatic nitrogens is 7. The lowest BCUT2D eigenvalue weighted by Crippen LogP contribution is -2.25. The second-order valence-electron chi connectivity index (χ2n) is 5.17.